The van der Waals surface area contributed by atoms with Gasteiger partial charge >= 0.3 is 0 Å². The number of carbonyl (C=O) groups is 1. The van der Waals surface area contributed by atoms with Crippen LogP contribution in [0, 0.1) is 6.92 Å². The van der Waals surface area contributed by atoms with E-state index in [1.165, 1.54) is 6.07 Å². The fourth-order valence-corrected chi connectivity index (χ4v) is 3.60. The SMILES string of the molecule is CCNS(=O)(=O)c1ccc(OCCNC(=O)c2cccc(Cl)c2)c(C)c1. The molecule has 26 heavy (non-hydrogen) atoms. The van der Waals surface area contributed by atoms with Crippen molar-refractivity contribution in [2.75, 3.05) is 19.7 Å². The molecule has 0 atom stereocenters. The number of benzene rings is 2. The van der Waals surface area contributed by atoms with Gasteiger partial charge in [0.15, 0.2) is 0 Å². The zero-order valence-electron chi connectivity index (χ0n) is 14.6. The maximum absolute atomic E-state index is 12.0. The fraction of sp³-hybridized carbons (Fsp3) is 0.278. The van der Waals surface area contributed by atoms with E-state index in [4.69, 9.17) is 16.3 Å². The lowest BCUT2D eigenvalue weighted by Gasteiger charge is -2.12. The quantitative estimate of drug-likeness (QED) is 0.672. The smallest absolute Gasteiger partial charge is 0.251 e. The Morgan fingerprint density at radius 1 is 1.19 bits per heavy atom. The van der Waals surface area contributed by atoms with Gasteiger partial charge in [-0.2, -0.15) is 0 Å². The highest BCUT2D eigenvalue weighted by Gasteiger charge is 2.14. The summed E-state index contributed by atoms with van der Waals surface area (Å²) in [5.41, 5.74) is 1.18. The molecule has 0 fully saturated rings. The Bertz CT molecular complexity index is 885. The van der Waals surface area contributed by atoms with Gasteiger partial charge in [0.05, 0.1) is 11.4 Å². The molecule has 0 aromatic heterocycles. The van der Waals surface area contributed by atoms with Crippen molar-refractivity contribution in [2.24, 2.45) is 0 Å². The highest BCUT2D eigenvalue weighted by molar-refractivity contribution is 7.89. The van der Waals surface area contributed by atoms with Gasteiger partial charge in [0.2, 0.25) is 10.0 Å². The van der Waals surface area contributed by atoms with Crippen molar-refractivity contribution in [3.63, 3.8) is 0 Å². The molecule has 8 heteroatoms. The highest BCUT2D eigenvalue weighted by Crippen LogP contribution is 2.21. The van der Waals surface area contributed by atoms with E-state index in [-0.39, 0.29) is 17.4 Å². The van der Waals surface area contributed by atoms with Crippen LogP contribution in [0.1, 0.15) is 22.8 Å². The second-order valence-electron chi connectivity index (χ2n) is 5.54. The van der Waals surface area contributed by atoms with Crippen molar-refractivity contribution >= 4 is 27.5 Å². The number of carbonyl (C=O) groups excluding carboxylic acids is 1. The molecule has 0 saturated carbocycles. The lowest BCUT2D eigenvalue weighted by Crippen LogP contribution is -2.28. The van der Waals surface area contributed by atoms with Crippen LogP contribution in [0.15, 0.2) is 47.4 Å². The van der Waals surface area contributed by atoms with E-state index in [9.17, 15) is 13.2 Å². The number of nitrogens with one attached hydrogen (secondary N) is 2. The van der Waals surface area contributed by atoms with Crippen LogP contribution in [0.25, 0.3) is 0 Å². The third-order valence-electron chi connectivity index (χ3n) is 3.52. The van der Waals surface area contributed by atoms with Gasteiger partial charge < -0.3 is 10.1 Å². The van der Waals surface area contributed by atoms with Crippen molar-refractivity contribution in [3.8, 4) is 5.75 Å². The molecule has 1 amide bonds. The van der Waals surface area contributed by atoms with Crippen molar-refractivity contribution in [1.29, 1.82) is 0 Å². The molecule has 140 valence electrons. The summed E-state index contributed by atoms with van der Waals surface area (Å²) in [5, 5.41) is 3.24. The second-order valence-corrected chi connectivity index (χ2v) is 7.75. The van der Waals surface area contributed by atoms with Crippen LogP contribution in [0.3, 0.4) is 0 Å². The molecule has 2 N–H and O–H groups in total. The van der Waals surface area contributed by atoms with E-state index in [1.54, 1.807) is 50.2 Å². The Balaban J connectivity index is 1.89. The summed E-state index contributed by atoms with van der Waals surface area (Å²) in [6.45, 7) is 4.38. The van der Waals surface area contributed by atoms with Gasteiger partial charge in [-0.1, -0.05) is 24.6 Å². The molecule has 0 saturated heterocycles. The summed E-state index contributed by atoms with van der Waals surface area (Å²) in [6.07, 6.45) is 0. The topological polar surface area (TPSA) is 84.5 Å². The Morgan fingerprint density at radius 2 is 1.96 bits per heavy atom. The third-order valence-corrected chi connectivity index (χ3v) is 5.30. The summed E-state index contributed by atoms with van der Waals surface area (Å²) >= 11 is 5.86. The normalized spacial score (nSPS) is 11.2. The van der Waals surface area contributed by atoms with E-state index in [0.29, 0.717) is 35.0 Å². The molecule has 0 heterocycles. The number of amides is 1. The van der Waals surface area contributed by atoms with Crippen LogP contribution in [-0.2, 0) is 10.0 Å². The summed E-state index contributed by atoms with van der Waals surface area (Å²) in [4.78, 5) is 12.2. The first-order valence-corrected chi connectivity index (χ1v) is 9.96. The largest absolute Gasteiger partial charge is 0.491 e. The van der Waals surface area contributed by atoms with Crippen LogP contribution in [0.4, 0.5) is 0 Å². The number of aryl methyl sites for hydroxylation is 1. The standard InChI is InChI=1S/C18H21ClN2O4S/c1-3-21-26(23,24)16-7-8-17(13(2)11-16)25-10-9-20-18(22)14-5-4-6-15(19)12-14/h4-8,11-12,21H,3,9-10H2,1-2H3,(H,20,22). The molecule has 0 bridgehead atoms. The zero-order chi connectivity index (χ0) is 19.2. The van der Waals surface area contributed by atoms with E-state index in [0.717, 1.165) is 0 Å². The van der Waals surface area contributed by atoms with Crippen LogP contribution in [-0.4, -0.2) is 34.0 Å². The lowest BCUT2D eigenvalue weighted by atomic mass is 10.2. The minimum Gasteiger partial charge on any atom is -0.491 e. The van der Waals surface area contributed by atoms with Crippen molar-refractivity contribution < 1.29 is 17.9 Å². The molecule has 2 aromatic rings. The Labute approximate surface area is 158 Å². The van der Waals surface area contributed by atoms with E-state index >= 15 is 0 Å². The van der Waals surface area contributed by atoms with Crippen molar-refractivity contribution in [2.45, 2.75) is 18.7 Å². The van der Waals surface area contributed by atoms with Crippen molar-refractivity contribution in [1.82, 2.24) is 10.0 Å². The molecule has 0 spiro atoms. The summed E-state index contributed by atoms with van der Waals surface area (Å²) in [6, 6.07) is 11.3. The Kier molecular flexibility index (Phi) is 7.02. The first kappa shape index (κ1) is 20.2. The summed E-state index contributed by atoms with van der Waals surface area (Å²) in [5.74, 6) is 0.331. The van der Waals surface area contributed by atoms with Gasteiger partial charge in [-0.25, -0.2) is 13.1 Å². The Hall–Kier alpha value is -2.09. The molecule has 2 aromatic carbocycles. The maximum atomic E-state index is 12.0. The predicted octanol–water partition coefficient (Wildman–Crippen LogP) is 2.76. The predicted molar refractivity (Wildman–Crippen MR) is 101 cm³/mol. The van der Waals surface area contributed by atoms with E-state index in [2.05, 4.69) is 10.0 Å². The first-order valence-electron chi connectivity index (χ1n) is 8.10. The van der Waals surface area contributed by atoms with Crippen LogP contribution >= 0.6 is 11.6 Å². The molecular weight excluding hydrogens is 376 g/mol. The van der Waals surface area contributed by atoms with E-state index in [1.807, 2.05) is 0 Å². The number of halogens is 1. The van der Waals surface area contributed by atoms with E-state index < -0.39 is 10.0 Å². The number of sulfonamides is 1. The molecule has 0 unspecified atom stereocenters. The minimum absolute atomic E-state index is 0.193. The average Bonchev–Trinajstić information content (AvgIpc) is 2.59. The highest BCUT2D eigenvalue weighted by atomic mass is 35.5. The molecule has 2 rings (SSSR count). The number of rotatable bonds is 8. The number of ether oxygens (including phenoxy) is 1. The van der Waals surface area contributed by atoms with Crippen LogP contribution < -0.4 is 14.8 Å². The second kappa shape index (κ2) is 9.02. The van der Waals surface area contributed by atoms with Gasteiger partial charge in [-0.3, -0.25) is 4.79 Å². The van der Waals surface area contributed by atoms with Crippen molar-refractivity contribution in [3.05, 3.63) is 58.6 Å². The summed E-state index contributed by atoms with van der Waals surface area (Å²) in [7, 11) is -3.49. The third kappa shape index (κ3) is 5.45. The zero-order valence-corrected chi connectivity index (χ0v) is 16.2. The average molecular weight is 397 g/mol. The molecule has 0 aliphatic heterocycles. The fourth-order valence-electron chi connectivity index (χ4n) is 2.28. The van der Waals surface area contributed by atoms with Gasteiger partial charge in [0.25, 0.3) is 5.91 Å². The molecule has 6 nitrogen and oxygen atoms in total. The Morgan fingerprint density at radius 3 is 2.62 bits per heavy atom. The van der Waals surface area contributed by atoms with Gasteiger partial charge in [-0.15, -0.1) is 0 Å². The molecule has 0 aliphatic carbocycles. The number of hydrogen-bond donors (Lipinski definition) is 2. The minimum atomic E-state index is -3.49. The molecule has 0 radical (unpaired) electrons. The first-order chi connectivity index (χ1) is 12.3. The molecular formula is C18H21ClN2O4S. The van der Waals surface area contributed by atoms with Crippen LogP contribution in [0.5, 0.6) is 5.75 Å². The van der Waals surface area contributed by atoms with Gasteiger partial charge in [0, 0.05) is 17.1 Å². The lowest BCUT2D eigenvalue weighted by molar-refractivity contribution is 0.0947. The van der Waals surface area contributed by atoms with Gasteiger partial charge in [0.1, 0.15) is 12.4 Å². The van der Waals surface area contributed by atoms with Gasteiger partial charge in [-0.05, 0) is 48.9 Å². The van der Waals surface area contributed by atoms with Crippen LogP contribution in [0.2, 0.25) is 5.02 Å². The summed E-state index contributed by atoms with van der Waals surface area (Å²) < 4.78 is 32.0. The number of hydrogen-bond acceptors (Lipinski definition) is 4. The maximum Gasteiger partial charge on any atom is 0.251 e. The molecule has 0 aliphatic rings. The monoisotopic (exact) mass is 396 g/mol.